The van der Waals surface area contributed by atoms with Crippen molar-refractivity contribution in [3.63, 3.8) is 0 Å². The third kappa shape index (κ3) is 4.04. The van der Waals surface area contributed by atoms with Gasteiger partial charge in [0.2, 0.25) is 5.91 Å². The predicted molar refractivity (Wildman–Crippen MR) is 76.9 cm³/mol. The summed E-state index contributed by atoms with van der Waals surface area (Å²) in [5.41, 5.74) is 6.97. The van der Waals surface area contributed by atoms with Crippen LogP contribution in [0.4, 0.5) is 0 Å². The molecule has 1 aromatic rings. The number of hydrogen-bond acceptors (Lipinski definition) is 3. The maximum Gasteiger partial charge on any atom is 0.249 e. The van der Waals surface area contributed by atoms with Gasteiger partial charge in [0.15, 0.2) is 0 Å². The minimum atomic E-state index is -0.357. The van der Waals surface area contributed by atoms with Crippen molar-refractivity contribution in [2.24, 2.45) is 5.73 Å². The van der Waals surface area contributed by atoms with Gasteiger partial charge in [-0.2, -0.15) is 0 Å². The van der Waals surface area contributed by atoms with E-state index in [0.717, 1.165) is 12.1 Å². The Bertz CT molecular complexity index is 427. The molecule has 4 nitrogen and oxygen atoms in total. The second-order valence-corrected chi connectivity index (χ2v) is 5.31. The van der Waals surface area contributed by atoms with Crippen molar-refractivity contribution < 1.29 is 4.79 Å². The standard InChI is InChI=1S/C15H23N3O/c1-12(11-18-8-4-5-9-18)17-10-13-6-2-3-7-14(13)15(16)19/h2-3,6-7,12,17H,4-5,8-11H2,1H3,(H2,16,19). The van der Waals surface area contributed by atoms with Gasteiger partial charge in [0, 0.05) is 24.7 Å². The molecule has 0 radical (unpaired) electrons. The molecule has 104 valence electrons. The zero-order valence-corrected chi connectivity index (χ0v) is 11.6. The molecule has 1 heterocycles. The molecule has 19 heavy (non-hydrogen) atoms. The molecule has 1 unspecified atom stereocenters. The molecule has 3 N–H and O–H groups in total. The molecule has 1 aliphatic heterocycles. The number of likely N-dealkylation sites (tertiary alicyclic amines) is 1. The monoisotopic (exact) mass is 261 g/mol. The summed E-state index contributed by atoms with van der Waals surface area (Å²) in [5.74, 6) is -0.357. The number of primary amides is 1. The predicted octanol–water partition coefficient (Wildman–Crippen LogP) is 1.36. The molecule has 4 heteroatoms. The Morgan fingerprint density at radius 2 is 2.05 bits per heavy atom. The first-order chi connectivity index (χ1) is 9.16. The Kier molecular flexibility index (Phi) is 4.93. The summed E-state index contributed by atoms with van der Waals surface area (Å²) >= 11 is 0. The molecular formula is C15H23N3O. The number of rotatable bonds is 6. The van der Waals surface area contributed by atoms with Crippen molar-refractivity contribution >= 4 is 5.91 Å². The van der Waals surface area contributed by atoms with Crippen LogP contribution in [0.15, 0.2) is 24.3 Å². The Morgan fingerprint density at radius 1 is 1.37 bits per heavy atom. The molecule has 1 fully saturated rings. The zero-order chi connectivity index (χ0) is 13.7. The van der Waals surface area contributed by atoms with E-state index in [9.17, 15) is 4.79 Å². The van der Waals surface area contributed by atoms with Gasteiger partial charge in [0.25, 0.3) is 0 Å². The van der Waals surface area contributed by atoms with Crippen LogP contribution in [-0.2, 0) is 6.54 Å². The fraction of sp³-hybridized carbons (Fsp3) is 0.533. The number of carbonyl (C=O) groups is 1. The third-order valence-electron chi connectivity index (χ3n) is 3.65. The van der Waals surface area contributed by atoms with E-state index in [2.05, 4.69) is 17.1 Å². The van der Waals surface area contributed by atoms with Crippen LogP contribution < -0.4 is 11.1 Å². The van der Waals surface area contributed by atoms with Crippen LogP contribution in [0.1, 0.15) is 35.7 Å². The van der Waals surface area contributed by atoms with Gasteiger partial charge in [0.05, 0.1) is 0 Å². The summed E-state index contributed by atoms with van der Waals surface area (Å²) in [7, 11) is 0. The molecule has 1 amide bonds. The van der Waals surface area contributed by atoms with Gasteiger partial charge >= 0.3 is 0 Å². The number of nitrogens with zero attached hydrogens (tertiary/aromatic N) is 1. The highest BCUT2D eigenvalue weighted by Gasteiger charge is 2.14. The lowest BCUT2D eigenvalue weighted by Gasteiger charge is -2.21. The van der Waals surface area contributed by atoms with E-state index in [1.165, 1.54) is 25.9 Å². The quantitative estimate of drug-likeness (QED) is 0.813. The number of nitrogens with one attached hydrogen (secondary N) is 1. The highest BCUT2D eigenvalue weighted by atomic mass is 16.1. The average molecular weight is 261 g/mol. The van der Waals surface area contributed by atoms with Crippen LogP contribution >= 0.6 is 0 Å². The van der Waals surface area contributed by atoms with Crippen molar-refractivity contribution in [1.82, 2.24) is 10.2 Å². The van der Waals surface area contributed by atoms with Gasteiger partial charge in [-0.15, -0.1) is 0 Å². The van der Waals surface area contributed by atoms with Crippen molar-refractivity contribution in [3.05, 3.63) is 35.4 Å². The lowest BCUT2D eigenvalue weighted by Crippen LogP contribution is -2.37. The smallest absolute Gasteiger partial charge is 0.249 e. The topological polar surface area (TPSA) is 58.4 Å². The summed E-state index contributed by atoms with van der Waals surface area (Å²) in [6.45, 7) is 6.37. The van der Waals surface area contributed by atoms with Gasteiger partial charge in [0.1, 0.15) is 0 Å². The number of amides is 1. The van der Waals surface area contributed by atoms with Crippen LogP contribution in [0.3, 0.4) is 0 Å². The van der Waals surface area contributed by atoms with Crippen molar-refractivity contribution in [2.45, 2.75) is 32.4 Å². The van der Waals surface area contributed by atoms with Crippen LogP contribution in [-0.4, -0.2) is 36.5 Å². The van der Waals surface area contributed by atoms with Gasteiger partial charge in [-0.05, 0) is 44.5 Å². The molecule has 2 rings (SSSR count). The van der Waals surface area contributed by atoms with Gasteiger partial charge < -0.3 is 16.0 Å². The van der Waals surface area contributed by atoms with Gasteiger partial charge in [-0.1, -0.05) is 18.2 Å². The van der Waals surface area contributed by atoms with Gasteiger partial charge in [-0.25, -0.2) is 0 Å². The molecule has 1 aromatic carbocycles. The summed E-state index contributed by atoms with van der Waals surface area (Å²) in [4.78, 5) is 13.8. The van der Waals surface area contributed by atoms with Crippen LogP contribution in [0.5, 0.6) is 0 Å². The fourth-order valence-corrected chi connectivity index (χ4v) is 2.62. The normalized spacial score (nSPS) is 17.5. The molecule has 1 atom stereocenters. The van der Waals surface area contributed by atoms with Crippen molar-refractivity contribution in [1.29, 1.82) is 0 Å². The first-order valence-electron chi connectivity index (χ1n) is 7.00. The first kappa shape index (κ1) is 14.0. The maximum atomic E-state index is 11.3. The lowest BCUT2D eigenvalue weighted by molar-refractivity contribution is 0.0999. The van der Waals surface area contributed by atoms with Crippen LogP contribution in [0, 0.1) is 0 Å². The minimum absolute atomic E-state index is 0.357. The minimum Gasteiger partial charge on any atom is -0.366 e. The molecule has 0 spiro atoms. The van der Waals surface area contributed by atoms with Crippen molar-refractivity contribution in [2.75, 3.05) is 19.6 Å². The second-order valence-electron chi connectivity index (χ2n) is 5.31. The van der Waals surface area contributed by atoms with E-state index < -0.39 is 0 Å². The summed E-state index contributed by atoms with van der Waals surface area (Å²) < 4.78 is 0. The fourth-order valence-electron chi connectivity index (χ4n) is 2.62. The molecule has 0 aromatic heterocycles. The Hall–Kier alpha value is -1.39. The Morgan fingerprint density at radius 3 is 2.74 bits per heavy atom. The Balaban J connectivity index is 1.85. The molecular weight excluding hydrogens is 238 g/mol. The van der Waals surface area contributed by atoms with E-state index in [1.807, 2.05) is 18.2 Å². The summed E-state index contributed by atoms with van der Waals surface area (Å²) in [6.07, 6.45) is 2.63. The third-order valence-corrected chi connectivity index (χ3v) is 3.65. The largest absolute Gasteiger partial charge is 0.366 e. The van der Waals surface area contributed by atoms with E-state index in [-0.39, 0.29) is 5.91 Å². The maximum absolute atomic E-state index is 11.3. The zero-order valence-electron chi connectivity index (χ0n) is 11.6. The number of benzene rings is 1. The van der Waals surface area contributed by atoms with E-state index >= 15 is 0 Å². The van der Waals surface area contributed by atoms with Crippen LogP contribution in [0.2, 0.25) is 0 Å². The number of hydrogen-bond donors (Lipinski definition) is 2. The number of nitrogens with two attached hydrogens (primary N) is 1. The summed E-state index contributed by atoms with van der Waals surface area (Å²) in [6, 6.07) is 7.94. The highest BCUT2D eigenvalue weighted by molar-refractivity contribution is 5.94. The second kappa shape index (κ2) is 6.68. The van der Waals surface area contributed by atoms with E-state index in [1.54, 1.807) is 6.07 Å². The van der Waals surface area contributed by atoms with E-state index in [0.29, 0.717) is 18.2 Å². The SMILES string of the molecule is CC(CN1CCCC1)NCc1ccccc1C(N)=O. The first-order valence-corrected chi connectivity index (χ1v) is 7.00. The Labute approximate surface area is 115 Å². The molecule has 0 saturated carbocycles. The molecule has 0 bridgehead atoms. The molecule has 1 aliphatic rings. The average Bonchev–Trinajstić information content (AvgIpc) is 2.89. The van der Waals surface area contributed by atoms with E-state index in [4.69, 9.17) is 5.73 Å². The molecule has 0 aliphatic carbocycles. The van der Waals surface area contributed by atoms with Crippen LogP contribution in [0.25, 0.3) is 0 Å². The molecule has 1 saturated heterocycles. The number of carbonyl (C=O) groups excluding carboxylic acids is 1. The lowest BCUT2D eigenvalue weighted by atomic mass is 10.1. The summed E-state index contributed by atoms with van der Waals surface area (Å²) in [5, 5.41) is 3.47. The van der Waals surface area contributed by atoms with Crippen molar-refractivity contribution in [3.8, 4) is 0 Å². The highest BCUT2D eigenvalue weighted by Crippen LogP contribution is 2.10. The van der Waals surface area contributed by atoms with Gasteiger partial charge in [-0.3, -0.25) is 4.79 Å².